The highest BCUT2D eigenvalue weighted by Gasteiger charge is 2.32. The lowest BCUT2D eigenvalue weighted by molar-refractivity contribution is 0.214. The van der Waals surface area contributed by atoms with Crippen LogP contribution in [0.15, 0.2) is 4.52 Å². The Bertz CT molecular complexity index is 449. The average molecular weight is 279 g/mol. The van der Waals surface area contributed by atoms with Gasteiger partial charge in [0.15, 0.2) is 5.82 Å². The fourth-order valence-electron chi connectivity index (χ4n) is 3.22. The van der Waals surface area contributed by atoms with Crippen LogP contribution in [-0.4, -0.2) is 60.2 Å². The Labute approximate surface area is 120 Å². The molecule has 0 spiro atoms. The van der Waals surface area contributed by atoms with Gasteiger partial charge in [-0.2, -0.15) is 4.98 Å². The Hall–Kier alpha value is -0.980. The molecular formula is C14H25N5O. The average Bonchev–Trinajstić information content (AvgIpc) is 3.00. The lowest BCUT2D eigenvalue weighted by Gasteiger charge is -2.24. The first kappa shape index (κ1) is 14.0. The molecule has 3 rings (SSSR count). The van der Waals surface area contributed by atoms with Crippen LogP contribution in [0.4, 0.5) is 0 Å². The van der Waals surface area contributed by atoms with Crippen LogP contribution in [0.1, 0.15) is 43.6 Å². The molecule has 3 unspecified atom stereocenters. The van der Waals surface area contributed by atoms with Gasteiger partial charge in [-0.25, -0.2) is 0 Å². The predicted octanol–water partition coefficient (Wildman–Crippen LogP) is 1.05. The van der Waals surface area contributed by atoms with Gasteiger partial charge in [-0.05, 0) is 52.5 Å². The Morgan fingerprint density at radius 2 is 2.15 bits per heavy atom. The molecule has 1 aromatic rings. The van der Waals surface area contributed by atoms with Crippen LogP contribution in [0, 0.1) is 5.92 Å². The van der Waals surface area contributed by atoms with E-state index in [1.165, 1.54) is 12.8 Å². The highest BCUT2D eigenvalue weighted by atomic mass is 16.5. The summed E-state index contributed by atoms with van der Waals surface area (Å²) < 4.78 is 5.53. The summed E-state index contributed by atoms with van der Waals surface area (Å²) in [5.41, 5.74) is 0. The molecule has 0 amide bonds. The second-order valence-corrected chi connectivity index (χ2v) is 6.30. The fraction of sp³-hybridized carbons (Fsp3) is 0.857. The molecule has 2 aliphatic rings. The standard InChI is InChI=1S/C14H25N5O/c1-10-5-6-15-12(10)14-16-13(17-20-14)11-9-18(2)7-4-8-19(11)3/h10-12,15H,4-9H2,1-3H3. The molecule has 0 aromatic carbocycles. The zero-order chi connectivity index (χ0) is 14.1. The van der Waals surface area contributed by atoms with Gasteiger partial charge < -0.3 is 14.7 Å². The van der Waals surface area contributed by atoms with E-state index in [9.17, 15) is 0 Å². The molecule has 6 heteroatoms. The third-order valence-electron chi connectivity index (χ3n) is 4.62. The van der Waals surface area contributed by atoms with E-state index in [2.05, 4.69) is 46.3 Å². The first-order valence-electron chi connectivity index (χ1n) is 7.61. The van der Waals surface area contributed by atoms with Crippen LogP contribution in [0.2, 0.25) is 0 Å². The van der Waals surface area contributed by atoms with E-state index in [1.807, 2.05) is 0 Å². The quantitative estimate of drug-likeness (QED) is 0.873. The van der Waals surface area contributed by atoms with Crippen LogP contribution in [0.5, 0.6) is 0 Å². The summed E-state index contributed by atoms with van der Waals surface area (Å²) in [6, 6.07) is 0.460. The van der Waals surface area contributed by atoms with Crippen LogP contribution in [-0.2, 0) is 0 Å². The maximum Gasteiger partial charge on any atom is 0.244 e. The second-order valence-electron chi connectivity index (χ2n) is 6.30. The summed E-state index contributed by atoms with van der Waals surface area (Å²) in [7, 11) is 4.31. The molecule has 0 radical (unpaired) electrons. The lowest BCUT2D eigenvalue weighted by atomic mass is 10.0. The molecule has 3 heterocycles. The number of nitrogens with zero attached hydrogens (tertiary/aromatic N) is 4. The minimum absolute atomic E-state index is 0.227. The monoisotopic (exact) mass is 279 g/mol. The molecule has 2 fully saturated rings. The number of likely N-dealkylation sites (N-methyl/N-ethyl adjacent to an activating group) is 2. The molecule has 0 saturated carbocycles. The summed E-state index contributed by atoms with van der Waals surface area (Å²) >= 11 is 0. The third-order valence-corrected chi connectivity index (χ3v) is 4.62. The molecular weight excluding hydrogens is 254 g/mol. The number of hydrogen-bond acceptors (Lipinski definition) is 6. The molecule has 6 nitrogen and oxygen atoms in total. The van der Waals surface area contributed by atoms with Crippen molar-refractivity contribution >= 4 is 0 Å². The smallest absolute Gasteiger partial charge is 0.244 e. The van der Waals surface area contributed by atoms with E-state index < -0.39 is 0 Å². The van der Waals surface area contributed by atoms with Gasteiger partial charge in [-0.1, -0.05) is 12.1 Å². The Morgan fingerprint density at radius 3 is 2.90 bits per heavy atom. The Balaban J connectivity index is 1.77. The SMILES string of the molecule is CC1CCNC1c1nc(C2CN(C)CCCN2C)no1. The first-order valence-corrected chi connectivity index (χ1v) is 7.61. The second kappa shape index (κ2) is 5.79. The molecule has 112 valence electrons. The van der Waals surface area contributed by atoms with Gasteiger partial charge in [0.2, 0.25) is 5.89 Å². The fourth-order valence-corrected chi connectivity index (χ4v) is 3.22. The van der Waals surface area contributed by atoms with Gasteiger partial charge in [0, 0.05) is 6.54 Å². The van der Waals surface area contributed by atoms with Crippen molar-refractivity contribution in [3.8, 4) is 0 Å². The highest BCUT2D eigenvalue weighted by Crippen LogP contribution is 2.29. The molecule has 1 aromatic heterocycles. The summed E-state index contributed by atoms with van der Waals surface area (Å²) in [5.74, 6) is 2.15. The molecule has 0 aliphatic carbocycles. The van der Waals surface area contributed by atoms with E-state index >= 15 is 0 Å². The lowest BCUT2D eigenvalue weighted by Crippen LogP contribution is -2.31. The molecule has 1 N–H and O–H groups in total. The van der Waals surface area contributed by atoms with Crippen LogP contribution in [0.25, 0.3) is 0 Å². The normalized spacial score (nSPS) is 33.5. The van der Waals surface area contributed by atoms with E-state index in [1.54, 1.807) is 0 Å². The van der Waals surface area contributed by atoms with E-state index in [0.717, 1.165) is 37.9 Å². The van der Waals surface area contributed by atoms with Crippen LogP contribution in [0.3, 0.4) is 0 Å². The third kappa shape index (κ3) is 2.73. The van der Waals surface area contributed by atoms with Crippen molar-refractivity contribution in [1.82, 2.24) is 25.3 Å². The summed E-state index contributed by atoms with van der Waals surface area (Å²) in [5, 5.41) is 7.70. The van der Waals surface area contributed by atoms with Crippen molar-refractivity contribution in [1.29, 1.82) is 0 Å². The number of rotatable bonds is 2. The van der Waals surface area contributed by atoms with Gasteiger partial charge in [0.25, 0.3) is 0 Å². The minimum Gasteiger partial charge on any atom is -0.338 e. The predicted molar refractivity (Wildman–Crippen MR) is 76.3 cm³/mol. The van der Waals surface area contributed by atoms with Crippen LogP contribution >= 0.6 is 0 Å². The summed E-state index contributed by atoms with van der Waals surface area (Å²) in [6.07, 6.45) is 2.36. The van der Waals surface area contributed by atoms with E-state index in [0.29, 0.717) is 5.92 Å². The van der Waals surface area contributed by atoms with Gasteiger partial charge in [-0.3, -0.25) is 4.90 Å². The number of hydrogen-bond donors (Lipinski definition) is 1. The highest BCUT2D eigenvalue weighted by molar-refractivity contribution is 5.02. The number of nitrogens with one attached hydrogen (secondary N) is 1. The van der Waals surface area contributed by atoms with Crippen molar-refractivity contribution in [3.63, 3.8) is 0 Å². The van der Waals surface area contributed by atoms with E-state index in [4.69, 9.17) is 4.52 Å². The van der Waals surface area contributed by atoms with Crippen molar-refractivity contribution in [2.75, 3.05) is 40.3 Å². The molecule has 2 saturated heterocycles. The van der Waals surface area contributed by atoms with Gasteiger partial charge in [-0.15, -0.1) is 0 Å². The van der Waals surface area contributed by atoms with Crippen molar-refractivity contribution < 1.29 is 4.52 Å². The van der Waals surface area contributed by atoms with Gasteiger partial charge in [0.1, 0.15) is 0 Å². The first-order chi connectivity index (χ1) is 9.65. The molecule has 3 atom stereocenters. The maximum atomic E-state index is 5.53. The Morgan fingerprint density at radius 1 is 1.30 bits per heavy atom. The topological polar surface area (TPSA) is 57.4 Å². The molecule has 20 heavy (non-hydrogen) atoms. The van der Waals surface area contributed by atoms with Crippen molar-refractivity contribution in [3.05, 3.63) is 11.7 Å². The van der Waals surface area contributed by atoms with Crippen LogP contribution < -0.4 is 5.32 Å². The Kier molecular flexibility index (Phi) is 4.05. The van der Waals surface area contributed by atoms with Gasteiger partial charge in [0.05, 0.1) is 12.1 Å². The largest absolute Gasteiger partial charge is 0.338 e. The van der Waals surface area contributed by atoms with Gasteiger partial charge >= 0.3 is 0 Å². The van der Waals surface area contributed by atoms with Crippen molar-refractivity contribution in [2.45, 2.75) is 31.8 Å². The maximum absolute atomic E-state index is 5.53. The summed E-state index contributed by atoms with van der Waals surface area (Å²) in [4.78, 5) is 9.37. The number of aromatic nitrogens is 2. The van der Waals surface area contributed by atoms with Crippen molar-refractivity contribution in [2.24, 2.45) is 5.92 Å². The zero-order valence-electron chi connectivity index (χ0n) is 12.7. The zero-order valence-corrected chi connectivity index (χ0v) is 12.7. The summed E-state index contributed by atoms with van der Waals surface area (Å²) in [6.45, 7) is 6.45. The molecule has 2 aliphatic heterocycles. The molecule has 0 bridgehead atoms. The minimum atomic E-state index is 0.227. The van der Waals surface area contributed by atoms with E-state index in [-0.39, 0.29) is 12.1 Å².